The van der Waals surface area contributed by atoms with Gasteiger partial charge in [0, 0.05) is 11.8 Å². The van der Waals surface area contributed by atoms with E-state index < -0.39 is 0 Å². The summed E-state index contributed by atoms with van der Waals surface area (Å²) in [5.74, 6) is 1.71. The first-order chi connectivity index (χ1) is 17.6. The van der Waals surface area contributed by atoms with E-state index >= 15 is 0 Å². The molecule has 4 rings (SSSR count). The lowest BCUT2D eigenvalue weighted by molar-refractivity contribution is 0.393. The number of ether oxygens (including phenoxy) is 2. The summed E-state index contributed by atoms with van der Waals surface area (Å²) in [4.78, 5) is 4.71. The van der Waals surface area contributed by atoms with E-state index in [0.29, 0.717) is 35.3 Å². The molecule has 0 bridgehead atoms. The van der Waals surface area contributed by atoms with Crippen molar-refractivity contribution in [3.8, 4) is 34.4 Å². The fourth-order valence-corrected chi connectivity index (χ4v) is 3.59. The average molecular weight is 479 g/mol. The molecule has 36 heavy (non-hydrogen) atoms. The molecule has 4 aromatic carbocycles. The molecule has 0 aromatic heterocycles. The van der Waals surface area contributed by atoms with Gasteiger partial charge in [-0.05, 0) is 59.2 Å². The maximum atomic E-state index is 10.4. The van der Waals surface area contributed by atoms with Gasteiger partial charge in [-0.3, -0.25) is 0 Å². The monoisotopic (exact) mass is 478 g/mol. The van der Waals surface area contributed by atoms with Crippen molar-refractivity contribution in [2.24, 2.45) is 4.99 Å². The maximum absolute atomic E-state index is 10.4. The maximum Gasteiger partial charge on any atom is 0.200 e. The van der Waals surface area contributed by atoms with E-state index in [1.807, 2.05) is 60.7 Å². The zero-order valence-corrected chi connectivity index (χ0v) is 20.0. The van der Waals surface area contributed by atoms with Crippen LogP contribution in [0.4, 0.5) is 11.4 Å². The van der Waals surface area contributed by atoms with Crippen LogP contribution in [0.2, 0.25) is 0 Å². The molecule has 0 fully saturated rings. The summed E-state index contributed by atoms with van der Waals surface area (Å²) >= 11 is 0. The van der Waals surface area contributed by atoms with Crippen molar-refractivity contribution in [1.82, 2.24) is 0 Å². The first kappa shape index (κ1) is 24.2. The summed E-state index contributed by atoms with van der Waals surface area (Å²) in [5, 5.41) is 25.9. The molecule has 0 saturated heterocycles. The number of hydrogen-bond acceptors (Lipinski definition) is 5. The molecule has 0 radical (unpaired) electrons. The van der Waals surface area contributed by atoms with E-state index in [1.54, 1.807) is 32.4 Å². The van der Waals surface area contributed by atoms with Crippen molar-refractivity contribution in [3.63, 3.8) is 0 Å². The SMILES string of the molecule is COc1cc(CN=C(Nc2ccc(-c3ccccc3)cc2)Nc2ccc(C#N)cc2O)cc(OC)c1. The molecule has 0 heterocycles. The molecule has 0 amide bonds. The third kappa shape index (κ3) is 6.13. The molecule has 3 N–H and O–H groups in total. The summed E-state index contributed by atoms with van der Waals surface area (Å²) in [6.07, 6.45) is 0. The molecule has 0 atom stereocenters. The van der Waals surface area contributed by atoms with Crippen LogP contribution in [0.3, 0.4) is 0 Å². The van der Waals surface area contributed by atoms with Gasteiger partial charge >= 0.3 is 0 Å². The van der Waals surface area contributed by atoms with Crippen molar-refractivity contribution in [2.75, 3.05) is 24.9 Å². The molecule has 0 aliphatic carbocycles. The van der Waals surface area contributed by atoms with Crippen molar-refractivity contribution in [2.45, 2.75) is 6.54 Å². The van der Waals surface area contributed by atoms with Gasteiger partial charge in [-0.25, -0.2) is 4.99 Å². The van der Waals surface area contributed by atoms with Crippen LogP contribution < -0.4 is 20.1 Å². The Morgan fingerprint density at radius 2 is 1.50 bits per heavy atom. The first-order valence-corrected chi connectivity index (χ1v) is 11.3. The Kier molecular flexibility index (Phi) is 7.69. The molecule has 0 aliphatic heterocycles. The van der Waals surface area contributed by atoms with Crippen LogP contribution in [-0.2, 0) is 6.54 Å². The van der Waals surface area contributed by atoms with E-state index in [-0.39, 0.29) is 5.75 Å². The Hall–Kier alpha value is -4.96. The van der Waals surface area contributed by atoms with Gasteiger partial charge in [0.2, 0.25) is 5.96 Å². The predicted octanol–water partition coefficient (Wildman–Crippen LogP) is 6.03. The minimum absolute atomic E-state index is 0.0500. The van der Waals surface area contributed by atoms with Gasteiger partial charge in [0.1, 0.15) is 17.2 Å². The van der Waals surface area contributed by atoms with Crippen LogP contribution in [0.1, 0.15) is 11.1 Å². The van der Waals surface area contributed by atoms with Crippen molar-refractivity contribution < 1.29 is 14.6 Å². The Morgan fingerprint density at radius 3 is 2.11 bits per heavy atom. The minimum atomic E-state index is -0.0500. The molecular weight excluding hydrogens is 452 g/mol. The van der Waals surface area contributed by atoms with Crippen molar-refractivity contribution in [1.29, 1.82) is 5.26 Å². The standard InChI is InChI=1S/C29H26N4O3/c1-35-25-14-21(15-26(17-25)36-2)19-31-29(33-27-13-8-20(18-30)16-28(27)34)32-24-11-9-23(10-12-24)22-6-4-3-5-7-22/h3-17,34H,19H2,1-2H3,(H2,31,32,33). The summed E-state index contributed by atoms with van der Waals surface area (Å²) in [7, 11) is 3.20. The van der Waals surface area contributed by atoms with Crippen LogP contribution in [-0.4, -0.2) is 25.3 Å². The molecule has 7 nitrogen and oxygen atoms in total. The van der Waals surface area contributed by atoms with Gasteiger partial charge in [0.05, 0.1) is 38.1 Å². The van der Waals surface area contributed by atoms with Crippen LogP contribution in [0.15, 0.2) is 96.0 Å². The number of nitriles is 1. The van der Waals surface area contributed by atoms with Crippen molar-refractivity contribution >= 4 is 17.3 Å². The van der Waals surface area contributed by atoms with Gasteiger partial charge < -0.3 is 25.2 Å². The molecule has 0 aliphatic rings. The smallest absolute Gasteiger partial charge is 0.200 e. The number of hydrogen-bond donors (Lipinski definition) is 3. The Bertz CT molecular complexity index is 1370. The summed E-state index contributed by atoms with van der Waals surface area (Å²) in [5.41, 5.74) is 4.72. The average Bonchev–Trinajstić information content (AvgIpc) is 2.93. The first-order valence-electron chi connectivity index (χ1n) is 11.3. The highest BCUT2D eigenvalue weighted by atomic mass is 16.5. The largest absolute Gasteiger partial charge is 0.506 e. The number of guanidine groups is 1. The number of anilines is 2. The van der Waals surface area contributed by atoms with Gasteiger partial charge in [-0.15, -0.1) is 0 Å². The van der Waals surface area contributed by atoms with Crippen LogP contribution in [0.25, 0.3) is 11.1 Å². The predicted molar refractivity (Wildman–Crippen MR) is 143 cm³/mol. The number of aliphatic imine (C=N–C) groups is 1. The fraction of sp³-hybridized carbons (Fsp3) is 0.103. The number of nitrogens with one attached hydrogen (secondary N) is 2. The highest BCUT2D eigenvalue weighted by molar-refractivity contribution is 6.04. The van der Waals surface area contributed by atoms with E-state index in [9.17, 15) is 5.11 Å². The Labute approximate surface area is 210 Å². The van der Waals surface area contributed by atoms with E-state index in [2.05, 4.69) is 22.8 Å². The summed E-state index contributed by atoms with van der Waals surface area (Å²) in [6.45, 7) is 0.321. The summed E-state index contributed by atoms with van der Waals surface area (Å²) in [6, 6.07) is 30.4. The second-order valence-electron chi connectivity index (χ2n) is 7.92. The lowest BCUT2D eigenvalue weighted by Crippen LogP contribution is -2.22. The molecule has 180 valence electrons. The number of phenolic OH excluding ortho intramolecular Hbond substituents is 1. The van der Waals surface area contributed by atoms with Crippen LogP contribution in [0, 0.1) is 11.3 Å². The normalized spacial score (nSPS) is 10.9. The fourth-order valence-electron chi connectivity index (χ4n) is 3.59. The van der Waals surface area contributed by atoms with Crippen LogP contribution in [0.5, 0.6) is 17.2 Å². The number of phenols is 1. The summed E-state index contributed by atoms with van der Waals surface area (Å²) < 4.78 is 10.7. The van der Waals surface area contributed by atoms with E-state index in [1.165, 1.54) is 6.07 Å². The highest BCUT2D eigenvalue weighted by Crippen LogP contribution is 2.26. The lowest BCUT2D eigenvalue weighted by atomic mass is 10.1. The molecular formula is C29H26N4O3. The molecule has 0 unspecified atom stereocenters. The van der Waals surface area contributed by atoms with Gasteiger partial charge in [-0.1, -0.05) is 42.5 Å². The van der Waals surface area contributed by atoms with Crippen LogP contribution >= 0.6 is 0 Å². The molecule has 0 saturated carbocycles. The third-order valence-corrected chi connectivity index (χ3v) is 5.47. The van der Waals surface area contributed by atoms with E-state index in [4.69, 9.17) is 19.7 Å². The van der Waals surface area contributed by atoms with Gasteiger partial charge in [0.25, 0.3) is 0 Å². The minimum Gasteiger partial charge on any atom is -0.506 e. The lowest BCUT2D eigenvalue weighted by Gasteiger charge is -2.15. The number of benzene rings is 4. The number of methoxy groups -OCH3 is 2. The highest BCUT2D eigenvalue weighted by Gasteiger charge is 2.09. The second kappa shape index (κ2) is 11.4. The zero-order valence-electron chi connectivity index (χ0n) is 20.0. The molecule has 0 spiro atoms. The number of aromatic hydroxyl groups is 1. The Morgan fingerprint density at radius 1 is 0.833 bits per heavy atom. The number of rotatable bonds is 7. The zero-order chi connectivity index (χ0) is 25.3. The quantitative estimate of drug-likeness (QED) is 0.170. The third-order valence-electron chi connectivity index (χ3n) is 5.47. The van der Waals surface area contributed by atoms with E-state index in [0.717, 1.165) is 22.4 Å². The Balaban J connectivity index is 1.61. The van der Waals surface area contributed by atoms with Gasteiger partial charge in [-0.2, -0.15) is 5.26 Å². The number of nitrogens with zero attached hydrogens (tertiary/aromatic N) is 2. The topological polar surface area (TPSA) is 98.9 Å². The van der Waals surface area contributed by atoms with Gasteiger partial charge in [0.15, 0.2) is 0 Å². The van der Waals surface area contributed by atoms with Crippen molar-refractivity contribution in [3.05, 3.63) is 102 Å². The molecule has 4 aromatic rings. The molecule has 7 heteroatoms. The second-order valence-corrected chi connectivity index (χ2v) is 7.92.